The second-order valence-electron chi connectivity index (χ2n) is 9.59. The van der Waals surface area contributed by atoms with Crippen molar-refractivity contribution in [1.82, 2.24) is 0 Å². The Morgan fingerprint density at radius 2 is 1.60 bits per heavy atom. The molecule has 4 rings (SSSR count). The Kier molecular flexibility index (Phi) is 9.37. The summed E-state index contributed by atoms with van der Waals surface area (Å²) in [5, 5.41) is 15.5. The average molecular weight is 600 g/mol. The lowest BCUT2D eigenvalue weighted by atomic mass is 9.98. The molecule has 4 aromatic rings. The highest BCUT2D eigenvalue weighted by atomic mass is 35.5. The van der Waals surface area contributed by atoms with E-state index >= 15 is 0 Å². The summed E-state index contributed by atoms with van der Waals surface area (Å²) in [6.07, 6.45) is -5.59. The third kappa shape index (κ3) is 8.23. The minimum atomic E-state index is -4.45. The van der Waals surface area contributed by atoms with Gasteiger partial charge < -0.3 is 20.6 Å². The minimum absolute atomic E-state index is 0.0376. The first-order chi connectivity index (χ1) is 19.9. The summed E-state index contributed by atoms with van der Waals surface area (Å²) in [5.74, 6) is -1.98. The summed E-state index contributed by atoms with van der Waals surface area (Å²) in [6, 6.07) is 20.4. The van der Waals surface area contributed by atoms with E-state index in [2.05, 4.69) is 10.6 Å². The van der Waals surface area contributed by atoms with E-state index in [-0.39, 0.29) is 34.6 Å². The van der Waals surface area contributed by atoms with Gasteiger partial charge in [0.2, 0.25) is 0 Å². The van der Waals surface area contributed by atoms with E-state index in [0.717, 1.165) is 23.8 Å². The fourth-order valence-corrected chi connectivity index (χ4v) is 4.43. The van der Waals surface area contributed by atoms with Crippen molar-refractivity contribution in [2.45, 2.75) is 26.1 Å². The van der Waals surface area contributed by atoms with Crippen molar-refractivity contribution in [2.75, 3.05) is 22.1 Å². The number of carbonyl (C=O) groups excluding carboxylic acids is 1. The molecule has 0 aromatic heterocycles. The second kappa shape index (κ2) is 12.9. The normalized spacial score (nSPS) is 11.2. The van der Waals surface area contributed by atoms with Crippen LogP contribution < -0.4 is 15.5 Å². The number of urea groups is 1. The molecule has 0 saturated heterocycles. The monoisotopic (exact) mass is 599 g/mol. The summed E-state index contributed by atoms with van der Waals surface area (Å²) < 4.78 is 54.2. The maximum atomic E-state index is 14.2. The van der Waals surface area contributed by atoms with Crippen molar-refractivity contribution in [3.05, 3.63) is 112 Å². The van der Waals surface area contributed by atoms with Gasteiger partial charge >= 0.3 is 18.2 Å². The molecule has 2 amide bonds. The van der Waals surface area contributed by atoms with E-state index in [4.69, 9.17) is 11.6 Å². The molecule has 218 valence electrons. The molecule has 0 saturated carbocycles. The van der Waals surface area contributed by atoms with Gasteiger partial charge in [-0.2, -0.15) is 13.2 Å². The molecule has 0 aliphatic rings. The number of carboxylic acid groups (broad SMARTS) is 1. The van der Waals surface area contributed by atoms with E-state index in [1.54, 1.807) is 48.5 Å². The second-order valence-corrected chi connectivity index (χ2v) is 10.0. The number of nitrogens with zero attached hydrogens (tertiary/aromatic N) is 1. The van der Waals surface area contributed by atoms with Crippen molar-refractivity contribution in [2.24, 2.45) is 0 Å². The predicted molar refractivity (Wildman–Crippen MR) is 156 cm³/mol. The molecule has 42 heavy (non-hydrogen) atoms. The van der Waals surface area contributed by atoms with Gasteiger partial charge in [0.05, 0.1) is 23.4 Å². The van der Waals surface area contributed by atoms with Crippen LogP contribution in [-0.4, -0.2) is 29.8 Å². The van der Waals surface area contributed by atoms with Crippen LogP contribution in [0.25, 0.3) is 11.1 Å². The molecule has 0 fully saturated rings. The van der Waals surface area contributed by atoms with Crippen molar-refractivity contribution in [3.63, 3.8) is 0 Å². The van der Waals surface area contributed by atoms with Crippen LogP contribution in [0.3, 0.4) is 0 Å². The van der Waals surface area contributed by atoms with Crippen LogP contribution in [0, 0.1) is 12.7 Å². The van der Waals surface area contributed by atoms with E-state index in [1.165, 1.54) is 23.1 Å². The minimum Gasteiger partial charge on any atom is -0.478 e. The summed E-state index contributed by atoms with van der Waals surface area (Å²) in [5.41, 5.74) is 2.54. The number of hydrogen-bond donors (Lipinski definition) is 3. The number of anilines is 3. The van der Waals surface area contributed by atoms with Gasteiger partial charge in [-0.15, -0.1) is 0 Å². The van der Waals surface area contributed by atoms with Gasteiger partial charge in [0.15, 0.2) is 0 Å². The molecule has 0 aliphatic heterocycles. The maximum absolute atomic E-state index is 14.2. The molecule has 6 nitrogen and oxygen atoms in total. The number of halogens is 5. The van der Waals surface area contributed by atoms with Crippen LogP contribution in [-0.2, 0) is 6.54 Å². The molecule has 11 heteroatoms. The lowest BCUT2D eigenvalue weighted by molar-refractivity contribution is -0.132. The number of carboxylic acids is 1. The maximum Gasteiger partial charge on any atom is 0.390 e. The number of amides is 2. The average Bonchev–Trinajstić information content (AvgIpc) is 2.93. The predicted octanol–water partition coefficient (Wildman–Crippen LogP) is 8.76. The zero-order valence-electron chi connectivity index (χ0n) is 22.3. The van der Waals surface area contributed by atoms with E-state index in [1.807, 2.05) is 6.92 Å². The summed E-state index contributed by atoms with van der Waals surface area (Å²) in [4.78, 5) is 26.3. The Hall–Kier alpha value is -4.57. The Labute approximate surface area is 244 Å². The molecule has 0 heterocycles. The molecular formula is C31H26ClF4N3O3. The first-order valence-corrected chi connectivity index (χ1v) is 13.1. The van der Waals surface area contributed by atoms with Gasteiger partial charge in [-0.1, -0.05) is 47.5 Å². The number of aromatic carboxylic acids is 1. The molecule has 0 atom stereocenters. The quantitative estimate of drug-likeness (QED) is 0.168. The number of carbonyl (C=O) groups is 2. The van der Waals surface area contributed by atoms with Gasteiger partial charge in [-0.25, -0.2) is 14.0 Å². The Morgan fingerprint density at radius 3 is 2.24 bits per heavy atom. The van der Waals surface area contributed by atoms with Crippen molar-refractivity contribution in [3.8, 4) is 11.1 Å². The smallest absolute Gasteiger partial charge is 0.390 e. The third-order valence-corrected chi connectivity index (χ3v) is 6.62. The summed E-state index contributed by atoms with van der Waals surface area (Å²) in [6.45, 7) is 1.48. The van der Waals surface area contributed by atoms with E-state index in [0.29, 0.717) is 16.3 Å². The van der Waals surface area contributed by atoms with Crippen LogP contribution in [0.1, 0.15) is 27.9 Å². The van der Waals surface area contributed by atoms with Gasteiger partial charge in [-0.05, 0) is 78.2 Å². The fourth-order valence-electron chi connectivity index (χ4n) is 4.30. The first-order valence-electron chi connectivity index (χ1n) is 12.8. The Bertz CT molecular complexity index is 1580. The van der Waals surface area contributed by atoms with Gasteiger partial charge in [0.25, 0.3) is 0 Å². The lowest BCUT2D eigenvalue weighted by Crippen LogP contribution is -2.29. The van der Waals surface area contributed by atoms with Crippen LogP contribution in [0.4, 0.5) is 39.4 Å². The van der Waals surface area contributed by atoms with Gasteiger partial charge in [0.1, 0.15) is 5.82 Å². The molecule has 0 aliphatic carbocycles. The van der Waals surface area contributed by atoms with Gasteiger partial charge in [0, 0.05) is 23.8 Å². The highest BCUT2D eigenvalue weighted by Gasteiger charge is 2.29. The van der Waals surface area contributed by atoms with Crippen LogP contribution in [0.15, 0.2) is 84.9 Å². The van der Waals surface area contributed by atoms with Crippen LogP contribution in [0.5, 0.6) is 0 Å². The number of nitrogens with one attached hydrogen (secondary N) is 2. The standard InChI is InChI=1S/C31H26ClF4N3O3/c1-19-2-10-24(11-3-19)37-30(42)38-27-16-21(26-17-23(33)9-12-25(26)29(40)41)6-13-28(27)39(15-14-31(34,35)36)18-20-4-7-22(32)8-5-20/h2-13,16-17H,14-15,18H2,1H3,(H,40,41)(H2,37,38,42). The van der Waals surface area contributed by atoms with Crippen LogP contribution >= 0.6 is 11.6 Å². The van der Waals surface area contributed by atoms with E-state index < -0.39 is 37.0 Å². The number of aryl methyl sites for hydroxylation is 1. The molecule has 0 bridgehead atoms. The lowest BCUT2D eigenvalue weighted by Gasteiger charge is -2.28. The third-order valence-electron chi connectivity index (χ3n) is 6.37. The van der Waals surface area contributed by atoms with Crippen LogP contribution in [0.2, 0.25) is 5.02 Å². The highest BCUT2D eigenvalue weighted by Crippen LogP contribution is 2.35. The topological polar surface area (TPSA) is 81.7 Å². The van der Waals surface area contributed by atoms with Gasteiger partial charge in [-0.3, -0.25) is 0 Å². The molecule has 0 unspecified atom stereocenters. The number of rotatable bonds is 9. The zero-order chi connectivity index (χ0) is 30.4. The highest BCUT2D eigenvalue weighted by molar-refractivity contribution is 6.30. The van der Waals surface area contributed by atoms with E-state index in [9.17, 15) is 32.3 Å². The van der Waals surface area contributed by atoms with Crippen molar-refractivity contribution < 1.29 is 32.3 Å². The number of alkyl halides is 3. The Balaban J connectivity index is 1.78. The molecule has 0 spiro atoms. The summed E-state index contributed by atoms with van der Waals surface area (Å²) in [7, 11) is 0. The number of benzene rings is 4. The first kappa shape index (κ1) is 30.4. The number of hydrogen-bond acceptors (Lipinski definition) is 3. The Morgan fingerprint density at radius 1 is 0.905 bits per heavy atom. The molecular weight excluding hydrogens is 574 g/mol. The SMILES string of the molecule is Cc1ccc(NC(=O)Nc2cc(-c3cc(F)ccc3C(=O)O)ccc2N(CCC(F)(F)F)Cc2ccc(Cl)cc2)cc1. The van der Waals surface area contributed by atoms with Crippen molar-refractivity contribution in [1.29, 1.82) is 0 Å². The largest absolute Gasteiger partial charge is 0.478 e. The summed E-state index contributed by atoms with van der Waals surface area (Å²) >= 11 is 5.98. The fraction of sp³-hybridized carbons (Fsp3) is 0.161. The zero-order valence-corrected chi connectivity index (χ0v) is 23.1. The molecule has 0 radical (unpaired) electrons. The molecule has 4 aromatic carbocycles. The van der Waals surface area contributed by atoms with Crippen molar-refractivity contribution >= 4 is 40.7 Å². The molecule has 3 N–H and O–H groups in total.